The molecule has 0 nitrogen and oxygen atoms in total. The molecule has 0 amide bonds. The number of rotatable bonds is 7. The van der Waals surface area contributed by atoms with Gasteiger partial charge in [-0.2, -0.15) is 0 Å². The summed E-state index contributed by atoms with van der Waals surface area (Å²) >= 11 is 0. The van der Waals surface area contributed by atoms with Crippen LogP contribution in [0.15, 0.2) is 48.5 Å². The van der Waals surface area contributed by atoms with Gasteiger partial charge in [-0.25, -0.2) is 0 Å². The molecule has 0 aliphatic heterocycles. The lowest BCUT2D eigenvalue weighted by molar-refractivity contribution is 0.250. The summed E-state index contributed by atoms with van der Waals surface area (Å²) in [6.07, 6.45) is 14.7. The van der Waals surface area contributed by atoms with Crippen LogP contribution in [-0.4, -0.2) is 0 Å². The normalized spacial score (nSPS) is 17.9. The number of hydrogen-bond donors (Lipinski definition) is 0. The maximum atomic E-state index is 3.30. The van der Waals surface area contributed by atoms with Crippen LogP contribution in [0.4, 0.5) is 0 Å². The third-order valence-electron chi connectivity index (χ3n) is 6.57. The van der Waals surface area contributed by atoms with Gasteiger partial charge in [0, 0.05) is 23.1 Å². The summed E-state index contributed by atoms with van der Waals surface area (Å²) < 4.78 is 0. The van der Waals surface area contributed by atoms with Gasteiger partial charge >= 0.3 is 0 Å². The van der Waals surface area contributed by atoms with E-state index in [4.69, 9.17) is 0 Å². The van der Waals surface area contributed by atoms with E-state index in [1.165, 1.54) is 63.4 Å². The van der Waals surface area contributed by atoms with Crippen LogP contribution in [0.25, 0.3) is 0 Å². The van der Waals surface area contributed by atoms with Gasteiger partial charge in [0.1, 0.15) is 0 Å². The number of unbranched alkanes of at least 4 members (excludes halogenated alkanes) is 2. The van der Waals surface area contributed by atoms with Crippen molar-refractivity contribution in [3.8, 4) is 23.7 Å². The van der Waals surface area contributed by atoms with E-state index in [0.29, 0.717) is 0 Å². The van der Waals surface area contributed by atoms with Gasteiger partial charge in [0.15, 0.2) is 0 Å². The highest BCUT2D eigenvalue weighted by Gasteiger charge is 2.20. The molecule has 0 heterocycles. The van der Waals surface area contributed by atoms with Crippen LogP contribution >= 0.6 is 0 Å². The maximum absolute atomic E-state index is 3.30. The first-order valence-electron chi connectivity index (χ1n) is 12.5. The van der Waals surface area contributed by atoms with E-state index in [0.717, 1.165) is 41.4 Å². The molecule has 1 saturated carbocycles. The van der Waals surface area contributed by atoms with E-state index in [1.54, 1.807) is 0 Å². The van der Waals surface area contributed by atoms with Gasteiger partial charge in [0.2, 0.25) is 0 Å². The minimum atomic E-state index is 0.937. The standard InChI is InChI=1S/C31H38/c1-3-5-7-9-27-12-16-29(17-13-27)19-21-31-24-22-30(23-25-31)20-18-28-14-10-26(11-15-28)8-6-4-2/h12-13,16-17,22-26,28H,3-6,8,10-11,14-15,18,20H2,1-2H3. The molecule has 1 fully saturated rings. The summed E-state index contributed by atoms with van der Waals surface area (Å²) in [7, 11) is 0. The van der Waals surface area contributed by atoms with Gasteiger partial charge in [-0.3, -0.25) is 0 Å². The Balaban J connectivity index is 1.44. The number of aryl methyl sites for hydroxylation is 1. The zero-order chi connectivity index (χ0) is 21.7. The van der Waals surface area contributed by atoms with Crippen molar-refractivity contribution in [1.82, 2.24) is 0 Å². The zero-order valence-electron chi connectivity index (χ0n) is 19.6. The van der Waals surface area contributed by atoms with Gasteiger partial charge in [-0.05, 0) is 73.1 Å². The first-order valence-corrected chi connectivity index (χ1v) is 12.5. The van der Waals surface area contributed by atoms with Gasteiger partial charge in [-0.15, -0.1) is 0 Å². The Labute approximate surface area is 190 Å². The van der Waals surface area contributed by atoms with E-state index in [2.05, 4.69) is 86.1 Å². The van der Waals surface area contributed by atoms with Crippen LogP contribution in [-0.2, 0) is 6.42 Å². The quantitative estimate of drug-likeness (QED) is 0.404. The average molecular weight is 411 g/mol. The molecule has 0 unspecified atom stereocenters. The van der Waals surface area contributed by atoms with Gasteiger partial charge < -0.3 is 0 Å². The third kappa shape index (κ3) is 8.31. The SMILES string of the molecule is CCCC#Cc1ccc(C#Cc2ccc(CCC3CCC(CCCC)CC3)cc2)cc1. The molecule has 0 saturated heterocycles. The Morgan fingerprint density at radius 2 is 1.16 bits per heavy atom. The van der Waals surface area contributed by atoms with Gasteiger partial charge in [-0.1, -0.05) is 94.6 Å². The highest BCUT2D eigenvalue weighted by atomic mass is 14.3. The lowest BCUT2D eigenvalue weighted by Gasteiger charge is -2.28. The van der Waals surface area contributed by atoms with E-state index < -0.39 is 0 Å². The molecule has 1 aliphatic carbocycles. The average Bonchev–Trinajstić information content (AvgIpc) is 2.82. The van der Waals surface area contributed by atoms with Crippen molar-refractivity contribution >= 4 is 0 Å². The topological polar surface area (TPSA) is 0 Å². The van der Waals surface area contributed by atoms with E-state index in [-0.39, 0.29) is 0 Å². The number of benzene rings is 2. The van der Waals surface area contributed by atoms with Crippen molar-refractivity contribution in [3.05, 3.63) is 70.8 Å². The Bertz CT molecular complexity index is 885. The molecule has 0 heteroatoms. The zero-order valence-corrected chi connectivity index (χ0v) is 19.6. The fourth-order valence-corrected chi connectivity index (χ4v) is 4.50. The molecule has 162 valence electrons. The van der Waals surface area contributed by atoms with Crippen LogP contribution in [0.3, 0.4) is 0 Å². The van der Waals surface area contributed by atoms with Gasteiger partial charge in [0.25, 0.3) is 0 Å². The molecular weight excluding hydrogens is 372 g/mol. The van der Waals surface area contributed by atoms with E-state index in [9.17, 15) is 0 Å². The lowest BCUT2D eigenvalue weighted by atomic mass is 9.78. The van der Waals surface area contributed by atoms with Crippen molar-refractivity contribution in [2.24, 2.45) is 11.8 Å². The lowest BCUT2D eigenvalue weighted by Crippen LogP contribution is -2.15. The van der Waals surface area contributed by atoms with Crippen molar-refractivity contribution in [3.63, 3.8) is 0 Å². The third-order valence-corrected chi connectivity index (χ3v) is 6.57. The molecule has 0 N–H and O–H groups in total. The molecule has 31 heavy (non-hydrogen) atoms. The van der Waals surface area contributed by atoms with Crippen LogP contribution in [0.1, 0.15) is 100 Å². The maximum Gasteiger partial charge on any atom is 0.0249 e. The van der Waals surface area contributed by atoms with E-state index in [1.807, 2.05) is 0 Å². The molecule has 0 aromatic heterocycles. The molecule has 0 bridgehead atoms. The molecule has 3 rings (SSSR count). The Morgan fingerprint density at radius 3 is 1.71 bits per heavy atom. The summed E-state index contributed by atoms with van der Waals surface area (Å²) in [6.45, 7) is 4.46. The van der Waals surface area contributed by atoms with Crippen LogP contribution < -0.4 is 0 Å². The molecule has 1 aliphatic rings. The fraction of sp³-hybridized carbons (Fsp3) is 0.484. The molecule has 2 aromatic rings. The number of hydrogen-bond acceptors (Lipinski definition) is 0. The summed E-state index contributed by atoms with van der Waals surface area (Å²) in [5.74, 6) is 14.9. The van der Waals surface area contributed by atoms with E-state index >= 15 is 0 Å². The highest BCUT2D eigenvalue weighted by molar-refractivity contribution is 5.46. The monoisotopic (exact) mass is 410 g/mol. The first-order chi connectivity index (χ1) is 15.3. The summed E-state index contributed by atoms with van der Waals surface area (Å²) in [6, 6.07) is 17.1. The Morgan fingerprint density at radius 1 is 0.645 bits per heavy atom. The highest BCUT2D eigenvalue weighted by Crippen LogP contribution is 2.34. The Kier molecular flexibility index (Phi) is 9.80. The molecular formula is C31H38. The van der Waals surface area contributed by atoms with Gasteiger partial charge in [0.05, 0.1) is 0 Å². The predicted molar refractivity (Wildman–Crippen MR) is 134 cm³/mol. The molecule has 0 spiro atoms. The van der Waals surface area contributed by atoms with Crippen molar-refractivity contribution in [2.75, 3.05) is 0 Å². The smallest absolute Gasteiger partial charge is 0.0249 e. The summed E-state index contributed by atoms with van der Waals surface area (Å²) in [5, 5.41) is 0. The molecule has 2 aromatic carbocycles. The van der Waals surface area contributed by atoms with Crippen LogP contribution in [0.5, 0.6) is 0 Å². The van der Waals surface area contributed by atoms with Crippen LogP contribution in [0.2, 0.25) is 0 Å². The van der Waals surface area contributed by atoms with Crippen molar-refractivity contribution in [2.45, 2.75) is 84.5 Å². The second kappa shape index (κ2) is 13.1. The fourth-order valence-electron chi connectivity index (χ4n) is 4.50. The van der Waals surface area contributed by atoms with Crippen molar-refractivity contribution < 1.29 is 0 Å². The molecule has 0 radical (unpaired) electrons. The largest absolute Gasteiger partial charge is 0.0979 e. The summed E-state index contributed by atoms with van der Waals surface area (Å²) in [4.78, 5) is 0. The summed E-state index contributed by atoms with van der Waals surface area (Å²) in [5.41, 5.74) is 4.65. The van der Waals surface area contributed by atoms with Crippen LogP contribution in [0, 0.1) is 35.5 Å². The van der Waals surface area contributed by atoms with Crippen molar-refractivity contribution in [1.29, 1.82) is 0 Å². The Hall–Kier alpha value is -2.44. The first kappa shape index (κ1) is 23.2. The second-order valence-corrected chi connectivity index (χ2v) is 9.14. The second-order valence-electron chi connectivity index (χ2n) is 9.14. The minimum absolute atomic E-state index is 0.937. The predicted octanol–water partition coefficient (Wildman–Crippen LogP) is 8.17. The minimum Gasteiger partial charge on any atom is -0.0979 e. The molecule has 0 atom stereocenters.